The van der Waals surface area contributed by atoms with Crippen molar-refractivity contribution >= 4 is 5.91 Å². The Morgan fingerprint density at radius 2 is 2.21 bits per heavy atom. The molecule has 1 amide bonds. The van der Waals surface area contributed by atoms with Crippen LogP contribution in [-0.2, 0) is 13.1 Å². The van der Waals surface area contributed by atoms with E-state index in [1.165, 1.54) is 0 Å². The summed E-state index contributed by atoms with van der Waals surface area (Å²) in [6.45, 7) is 7.13. The number of hydrogen-bond acceptors (Lipinski definition) is 3. The maximum atomic E-state index is 12.5. The zero-order valence-electron chi connectivity index (χ0n) is 11.8. The molecule has 2 aromatic heterocycles. The second-order valence-electron chi connectivity index (χ2n) is 4.65. The van der Waals surface area contributed by atoms with Gasteiger partial charge in [-0.3, -0.25) is 9.48 Å². The van der Waals surface area contributed by atoms with Crippen molar-refractivity contribution in [2.24, 2.45) is 0 Å². The van der Waals surface area contributed by atoms with Crippen LogP contribution in [0.1, 0.15) is 34.2 Å². The first kappa shape index (κ1) is 13.4. The SMILES string of the molecule is CCn1nc(C)c(C(=O)N(C)Cc2ccoc2)c1C. The maximum absolute atomic E-state index is 12.5. The number of aryl methyl sites for hydroxylation is 2. The van der Waals surface area contributed by atoms with Crippen LogP contribution in [0.15, 0.2) is 23.0 Å². The predicted octanol–water partition coefficient (Wildman–Crippen LogP) is 2.39. The molecule has 0 radical (unpaired) electrons. The highest BCUT2D eigenvalue weighted by atomic mass is 16.3. The minimum Gasteiger partial charge on any atom is -0.472 e. The van der Waals surface area contributed by atoms with E-state index < -0.39 is 0 Å². The minimum atomic E-state index is -0.00380. The number of nitrogens with zero attached hydrogens (tertiary/aromatic N) is 3. The zero-order chi connectivity index (χ0) is 14.0. The van der Waals surface area contributed by atoms with Crippen molar-refractivity contribution < 1.29 is 9.21 Å². The summed E-state index contributed by atoms with van der Waals surface area (Å²) in [5.41, 5.74) is 3.38. The summed E-state index contributed by atoms with van der Waals surface area (Å²) >= 11 is 0. The third kappa shape index (κ3) is 2.54. The van der Waals surface area contributed by atoms with Gasteiger partial charge in [0.05, 0.1) is 23.8 Å². The van der Waals surface area contributed by atoms with Gasteiger partial charge in [0.2, 0.25) is 0 Å². The summed E-state index contributed by atoms with van der Waals surface area (Å²) in [6.07, 6.45) is 3.26. The Balaban J connectivity index is 2.21. The predicted molar refractivity (Wildman–Crippen MR) is 71.9 cm³/mol. The van der Waals surface area contributed by atoms with Crippen LogP contribution >= 0.6 is 0 Å². The molecule has 0 spiro atoms. The van der Waals surface area contributed by atoms with Crippen LogP contribution in [0.3, 0.4) is 0 Å². The van der Waals surface area contributed by atoms with E-state index in [4.69, 9.17) is 4.42 Å². The number of furan rings is 1. The summed E-state index contributed by atoms with van der Waals surface area (Å²) in [4.78, 5) is 14.2. The first-order chi connectivity index (χ1) is 9.04. The molecule has 0 atom stereocenters. The zero-order valence-corrected chi connectivity index (χ0v) is 11.8. The molecule has 2 rings (SSSR count). The number of amides is 1. The molecular formula is C14H19N3O2. The fourth-order valence-electron chi connectivity index (χ4n) is 2.23. The van der Waals surface area contributed by atoms with Crippen LogP contribution in [0.2, 0.25) is 0 Å². The fraction of sp³-hybridized carbons (Fsp3) is 0.429. The maximum Gasteiger partial charge on any atom is 0.257 e. The summed E-state index contributed by atoms with van der Waals surface area (Å²) in [7, 11) is 1.79. The molecule has 0 aromatic carbocycles. The van der Waals surface area contributed by atoms with Gasteiger partial charge in [-0.25, -0.2) is 0 Å². The van der Waals surface area contributed by atoms with Gasteiger partial charge in [-0.1, -0.05) is 0 Å². The molecule has 0 N–H and O–H groups in total. The van der Waals surface area contributed by atoms with Crippen LogP contribution in [0.5, 0.6) is 0 Å². The van der Waals surface area contributed by atoms with Crippen LogP contribution in [0.25, 0.3) is 0 Å². The molecule has 0 saturated carbocycles. The minimum absolute atomic E-state index is 0.00380. The number of carbonyl (C=O) groups is 1. The van der Waals surface area contributed by atoms with Gasteiger partial charge in [0.15, 0.2) is 0 Å². The summed E-state index contributed by atoms with van der Waals surface area (Å²) < 4.78 is 6.87. The molecule has 19 heavy (non-hydrogen) atoms. The van der Waals surface area contributed by atoms with Crippen molar-refractivity contribution in [3.63, 3.8) is 0 Å². The Morgan fingerprint density at radius 1 is 1.47 bits per heavy atom. The molecule has 0 bridgehead atoms. The van der Waals surface area contributed by atoms with Gasteiger partial charge in [0.1, 0.15) is 0 Å². The third-order valence-corrected chi connectivity index (χ3v) is 3.24. The number of rotatable bonds is 4. The average Bonchev–Trinajstić information content (AvgIpc) is 2.97. The van der Waals surface area contributed by atoms with Crippen molar-refractivity contribution in [2.75, 3.05) is 7.05 Å². The smallest absolute Gasteiger partial charge is 0.257 e. The second-order valence-corrected chi connectivity index (χ2v) is 4.65. The summed E-state index contributed by atoms with van der Waals surface area (Å²) in [5, 5.41) is 4.38. The van der Waals surface area contributed by atoms with Crippen molar-refractivity contribution in [1.29, 1.82) is 0 Å². The first-order valence-corrected chi connectivity index (χ1v) is 6.35. The van der Waals surface area contributed by atoms with Crippen LogP contribution in [-0.4, -0.2) is 27.6 Å². The van der Waals surface area contributed by atoms with E-state index in [1.807, 2.05) is 31.5 Å². The highest BCUT2D eigenvalue weighted by Gasteiger charge is 2.21. The number of aromatic nitrogens is 2. The Bertz CT molecular complexity index is 570. The molecule has 0 aliphatic carbocycles. The van der Waals surface area contributed by atoms with Crippen LogP contribution in [0.4, 0.5) is 0 Å². The first-order valence-electron chi connectivity index (χ1n) is 6.35. The van der Waals surface area contributed by atoms with Gasteiger partial charge >= 0.3 is 0 Å². The molecule has 0 saturated heterocycles. The molecule has 2 heterocycles. The van der Waals surface area contributed by atoms with Crippen molar-refractivity contribution in [3.8, 4) is 0 Å². The highest BCUT2D eigenvalue weighted by molar-refractivity contribution is 5.96. The number of carbonyl (C=O) groups excluding carboxylic acids is 1. The summed E-state index contributed by atoms with van der Waals surface area (Å²) in [5.74, 6) is -0.00380. The Morgan fingerprint density at radius 3 is 2.74 bits per heavy atom. The lowest BCUT2D eigenvalue weighted by molar-refractivity contribution is 0.0783. The highest BCUT2D eigenvalue weighted by Crippen LogP contribution is 2.16. The van der Waals surface area contributed by atoms with Crippen molar-refractivity contribution in [1.82, 2.24) is 14.7 Å². The van der Waals surface area contributed by atoms with E-state index >= 15 is 0 Å². The van der Waals surface area contributed by atoms with Gasteiger partial charge in [-0.2, -0.15) is 5.10 Å². The largest absolute Gasteiger partial charge is 0.472 e. The van der Waals surface area contributed by atoms with Crippen molar-refractivity contribution in [2.45, 2.75) is 33.9 Å². The van der Waals surface area contributed by atoms with E-state index in [2.05, 4.69) is 5.10 Å². The van der Waals surface area contributed by atoms with E-state index in [0.717, 1.165) is 23.5 Å². The quantitative estimate of drug-likeness (QED) is 0.849. The molecule has 2 aromatic rings. The topological polar surface area (TPSA) is 51.3 Å². The van der Waals surface area contributed by atoms with Gasteiger partial charge in [-0.15, -0.1) is 0 Å². The molecular weight excluding hydrogens is 242 g/mol. The van der Waals surface area contributed by atoms with E-state index in [9.17, 15) is 4.79 Å². The van der Waals surface area contributed by atoms with E-state index in [1.54, 1.807) is 24.5 Å². The van der Waals surface area contributed by atoms with Crippen LogP contribution in [0, 0.1) is 13.8 Å². The Hall–Kier alpha value is -2.04. The van der Waals surface area contributed by atoms with Gasteiger partial charge < -0.3 is 9.32 Å². The lowest BCUT2D eigenvalue weighted by atomic mass is 10.1. The fourth-order valence-corrected chi connectivity index (χ4v) is 2.23. The monoisotopic (exact) mass is 261 g/mol. The van der Waals surface area contributed by atoms with Gasteiger partial charge in [-0.05, 0) is 26.8 Å². The Labute approximate surface area is 112 Å². The van der Waals surface area contributed by atoms with Crippen LogP contribution < -0.4 is 0 Å². The van der Waals surface area contributed by atoms with E-state index in [-0.39, 0.29) is 5.91 Å². The summed E-state index contributed by atoms with van der Waals surface area (Å²) in [6, 6.07) is 1.86. The normalized spacial score (nSPS) is 10.7. The average molecular weight is 261 g/mol. The third-order valence-electron chi connectivity index (χ3n) is 3.24. The van der Waals surface area contributed by atoms with Gasteiger partial charge in [0, 0.05) is 31.4 Å². The molecule has 0 fully saturated rings. The second kappa shape index (κ2) is 5.30. The molecule has 5 nitrogen and oxygen atoms in total. The Kier molecular flexibility index (Phi) is 3.74. The lowest BCUT2D eigenvalue weighted by Crippen LogP contribution is -2.27. The molecule has 0 aliphatic rings. The molecule has 0 aliphatic heterocycles. The van der Waals surface area contributed by atoms with Crippen molar-refractivity contribution in [3.05, 3.63) is 41.1 Å². The lowest BCUT2D eigenvalue weighted by Gasteiger charge is -2.16. The number of hydrogen-bond donors (Lipinski definition) is 0. The molecule has 102 valence electrons. The van der Waals surface area contributed by atoms with E-state index in [0.29, 0.717) is 12.1 Å². The molecule has 0 unspecified atom stereocenters. The standard InChI is InChI=1S/C14H19N3O2/c1-5-17-11(3)13(10(2)15-17)14(18)16(4)8-12-6-7-19-9-12/h6-7,9H,5,8H2,1-4H3. The molecule has 5 heteroatoms. The van der Waals surface area contributed by atoms with Gasteiger partial charge in [0.25, 0.3) is 5.91 Å².